The van der Waals surface area contributed by atoms with Crippen molar-refractivity contribution in [2.75, 3.05) is 33.4 Å². The first kappa shape index (κ1) is 19.1. The van der Waals surface area contributed by atoms with E-state index < -0.39 is 11.9 Å². The standard InChI is InChI=1S/C15H25N3O5/c1-4-23-9-5-8-18(10-11(2)15(21)22)14(20)12-6-7-13(19)17(3)16-12/h11H,4-10H2,1-3H3,(H,21,22). The van der Waals surface area contributed by atoms with Crippen LogP contribution in [0, 0.1) is 5.92 Å². The zero-order chi connectivity index (χ0) is 17.4. The van der Waals surface area contributed by atoms with Gasteiger partial charge < -0.3 is 14.7 Å². The molecule has 0 aromatic heterocycles. The Hall–Kier alpha value is -1.96. The first-order valence-corrected chi connectivity index (χ1v) is 7.80. The Morgan fingerprint density at radius 1 is 1.43 bits per heavy atom. The van der Waals surface area contributed by atoms with Crippen molar-refractivity contribution in [3.63, 3.8) is 0 Å². The van der Waals surface area contributed by atoms with Gasteiger partial charge in [0.15, 0.2) is 0 Å². The molecule has 1 atom stereocenters. The molecular formula is C15H25N3O5. The minimum Gasteiger partial charge on any atom is -0.481 e. The molecule has 1 rings (SSSR count). The lowest BCUT2D eigenvalue weighted by atomic mass is 10.1. The first-order valence-electron chi connectivity index (χ1n) is 7.80. The van der Waals surface area contributed by atoms with Crippen LogP contribution < -0.4 is 0 Å². The molecule has 0 radical (unpaired) electrons. The lowest BCUT2D eigenvalue weighted by Gasteiger charge is -2.27. The van der Waals surface area contributed by atoms with Crippen LogP contribution in [-0.2, 0) is 19.1 Å². The molecule has 0 fully saturated rings. The van der Waals surface area contributed by atoms with Crippen LogP contribution in [0.3, 0.4) is 0 Å². The second-order valence-electron chi connectivity index (χ2n) is 5.50. The van der Waals surface area contributed by atoms with Crippen LogP contribution in [0.15, 0.2) is 5.10 Å². The van der Waals surface area contributed by atoms with Gasteiger partial charge in [0.1, 0.15) is 5.71 Å². The molecule has 0 aromatic rings. The van der Waals surface area contributed by atoms with Crippen LogP contribution in [0.1, 0.15) is 33.1 Å². The number of hydrazone groups is 1. The fraction of sp³-hybridized carbons (Fsp3) is 0.733. The van der Waals surface area contributed by atoms with Gasteiger partial charge in [-0.15, -0.1) is 0 Å². The molecule has 1 N–H and O–H groups in total. The zero-order valence-corrected chi connectivity index (χ0v) is 13.9. The zero-order valence-electron chi connectivity index (χ0n) is 13.9. The van der Waals surface area contributed by atoms with E-state index in [1.165, 1.54) is 11.9 Å². The third kappa shape index (κ3) is 5.97. The van der Waals surface area contributed by atoms with Gasteiger partial charge in [-0.3, -0.25) is 14.4 Å². The summed E-state index contributed by atoms with van der Waals surface area (Å²) >= 11 is 0. The molecule has 0 aromatic carbocycles. The topological polar surface area (TPSA) is 99.5 Å². The Kier molecular flexibility index (Phi) is 7.67. The number of rotatable bonds is 9. The molecule has 0 spiro atoms. The van der Waals surface area contributed by atoms with E-state index in [1.54, 1.807) is 6.92 Å². The van der Waals surface area contributed by atoms with Gasteiger partial charge in [-0.05, 0) is 13.3 Å². The average Bonchev–Trinajstić information content (AvgIpc) is 2.52. The predicted octanol–water partition coefficient (Wildman–Crippen LogP) is 0.571. The minimum absolute atomic E-state index is 0.108. The van der Waals surface area contributed by atoms with Crippen LogP contribution >= 0.6 is 0 Å². The first-order chi connectivity index (χ1) is 10.9. The second kappa shape index (κ2) is 9.24. The van der Waals surface area contributed by atoms with Crippen molar-refractivity contribution in [3.05, 3.63) is 0 Å². The summed E-state index contributed by atoms with van der Waals surface area (Å²) in [7, 11) is 1.51. The van der Waals surface area contributed by atoms with E-state index in [-0.39, 0.29) is 31.2 Å². The maximum atomic E-state index is 12.6. The van der Waals surface area contributed by atoms with Gasteiger partial charge in [-0.2, -0.15) is 5.10 Å². The molecule has 1 unspecified atom stereocenters. The van der Waals surface area contributed by atoms with E-state index in [9.17, 15) is 14.4 Å². The Morgan fingerprint density at radius 3 is 2.70 bits per heavy atom. The van der Waals surface area contributed by atoms with Crippen molar-refractivity contribution in [2.45, 2.75) is 33.1 Å². The molecule has 2 amide bonds. The van der Waals surface area contributed by atoms with Gasteiger partial charge in [0, 0.05) is 46.2 Å². The predicted molar refractivity (Wildman–Crippen MR) is 83.9 cm³/mol. The summed E-state index contributed by atoms with van der Waals surface area (Å²) < 4.78 is 5.26. The molecule has 0 saturated heterocycles. The van der Waals surface area contributed by atoms with Crippen LogP contribution in [0.2, 0.25) is 0 Å². The van der Waals surface area contributed by atoms with Gasteiger partial charge in [0.05, 0.1) is 5.92 Å². The molecule has 0 saturated carbocycles. The quantitative estimate of drug-likeness (QED) is 0.624. The van der Waals surface area contributed by atoms with Crippen molar-refractivity contribution in [3.8, 4) is 0 Å². The highest BCUT2D eigenvalue weighted by atomic mass is 16.5. The molecular weight excluding hydrogens is 302 g/mol. The summed E-state index contributed by atoms with van der Waals surface area (Å²) in [6, 6.07) is 0. The summed E-state index contributed by atoms with van der Waals surface area (Å²) in [6.45, 7) is 5.05. The smallest absolute Gasteiger partial charge is 0.308 e. The van der Waals surface area contributed by atoms with Gasteiger partial charge >= 0.3 is 5.97 Å². The van der Waals surface area contributed by atoms with Crippen molar-refractivity contribution < 1.29 is 24.2 Å². The molecule has 1 aliphatic rings. The molecule has 130 valence electrons. The number of hydrogen-bond donors (Lipinski definition) is 1. The van der Waals surface area contributed by atoms with E-state index in [0.717, 1.165) is 5.01 Å². The highest BCUT2D eigenvalue weighted by molar-refractivity contribution is 6.39. The number of carbonyl (C=O) groups excluding carboxylic acids is 2. The Balaban J connectivity index is 2.76. The van der Waals surface area contributed by atoms with Crippen LogP contribution in [0.25, 0.3) is 0 Å². The number of carbonyl (C=O) groups is 3. The van der Waals surface area contributed by atoms with E-state index in [4.69, 9.17) is 9.84 Å². The normalized spacial score (nSPS) is 16.0. The third-order valence-corrected chi connectivity index (χ3v) is 3.58. The maximum absolute atomic E-state index is 12.6. The van der Waals surface area contributed by atoms with Crippen molar-refractivity contribution in [1.29, 1.82) is 0 Å². The number of carboxylic acids is 1. The molecule has 8 nitrogen and oxygen atoms in total. The Bertz CT molecular complexity index is 478. The number of amides is 2. The van der Waals surface area contributed by atoms with E-state index in [2.05, 4.69) is 5.10 Å². The molecule has 0 aliphatic carbocycles. The van der Waals surface area contributed by atoms with Gasteiger partial charge in [-0.1, -0.05) is 6.92 Å². The second-order valence-corrected chi connectivity index (χ2v) is 5.50. The lowest BCUT2D eigenvalue weighted by molar-refractivity contribution is -0.142. The Labute approximate surface area is 136 Å². The molecule has 1 aliphatic heterocycles. The fourth-order valence-corrected chi connectivity index (χ4v) is 2.19. The summed E-state index contributed by atoms with van der Waals surface area (Å²) in [6.07, 6.45) is 1.14. The van der Waals surface area contributed by atoms with E-state index in [1.807, 2.05) is 6.92 Å². The Morgan fingerprint density at radius 2 is 2.13 bits per heavy atom. The number of carboxylic acid groups (broad SMARTS) is 1. The molecule has 0 bridgehead atoms. The molecule has 23 heavy (non-hydrogen) atoms. The third-order valence-electron chi connectivity index (χ3n) is 3.58. The highest BCUT2D eigenvalue weighted by Crippen LogP contribution is 2.11. The van der Waals surface area contributed by atoms with Crippen LogP contribution in [-0.4, -0.2) is 71.9 Å². The SMILES string of the molecule is CCOCCCN(CC(C)C(=O)O)C(=O)C1=NN(C)C(=O)CC1. The summed E-state index contributed by atoms with van der Waals surface area (Å²) in [5, 5.41) is 14.2. The van der Waals surface area contributed by atoms with Gasteiger partial charge in [0.25, 0.3) is 5.91 Å². The summed E-state index contributed by atoms with van der Waals surface area (Å²) in [4.78, 5) is 36.6. The monoisotopic (exact) mass is 327 g/mol. The lowest BCUT2D eigenvalue weighted by Crippen LogP contribution is -2.44. The van der Waals surface area contributed by atoms with Crippen molar-refractivity contribution in [2.24, 2.45) is 11.0 Å². The fourth-order valence-electron chi connectivity index (χ4n) is 2.19. The average molecular weight is 327 g/mol. The molecule has 8 heteroatoms. The van der Waals surface area contributed by atoms with E-state index >= 15 is 0 Å². The van der Waals surface area contributed by atoms with Crippen LogP contribution in [0.5, 0.6) is 0 Å². The van der Waals surface area contributed by atoms with Crippen LogP contribution in [0.4, 0.5) is 0 Å². The van der Waals surface area contributed by atoms with Gasteiger partial charge in [-0.25, -0.2) is 5.01 Å². The minimum atomic E-state index is -0.953. The molecule has 1 heterocycles. The maximum Gasteiger partial charge on any atom is 0.308 e. The number of hydrogen-bond acceptors (Lipinski definition) is 5. The van der Waals surface area contributed by atoms with Crippen molar-refractivity contribution in [1.82, 2.24) is 9.91 Å². The number of ether oxygens (including phenoxy) is 1. The summed E-state index contributed by atoms with van der Waals surface area (Å²) in [5.41, 5.74) is 0.293. The van der Waals surface area contributed by atoms with E-state index in [0.29, 0.717) is 31.9 Å². The van der Waals surface area contributed by atoms with Gasteiger partial charge in [0.2, 0.25) is 5.91 Å². The highest BCUT2D eigenvalue weighted by Gasteiger charge is 2.27. The summed E-state index contributed by atoms with van der Waals surface area (Å²) in [5.74, 6) is -2.07. The van der Waals surface area contributed by atoms with Crippen molar-refractivity contribution >= 4 is 23.5 Å². The largest absolute Gasteiger partial charge is 0.481 e. The number of nitrogens with zero attached hydrogens (tertiary/aromatic N) is 3. The number of aliphatic carboxylic acids is 1.